The monoisotopic (exact) mass is 93.0 g/mol. The van der Waals surface area contributed by atoms with E-state index in [1.165, 1.54) is 7.05 Å². The van der Waals surface area contributed by atoms with Crippen LogP contribution in [0.15, 0.2) is 5.11 Å². The zero-order valence-electron chi connectivity index (χ0n) is 2.75. The number of hydrogen-bond acceptors (Lipinski definition) is 1. The molecule has 0 atom stereocenters. The van der Waals surface area contributed by atoms with Gasteiger partial charge in [0.05, 0.1) is 0 Å². The van der Waals surface area contributed by atoms with E-state index in [9.17, 15) is 0 Å². The van der Waals surface area contributed by atoms with Crippen molar-refractivity contribution < 1.29 is 0 Å². The molecule has 0 aromatic heterocycles. The summed E-state index contributed by atoms with van der Waals surface area (Å²) < 4.78 is 0. The lowest BCUT2D eigenvalue weighted by atomic mass is 11.6. The van der Waals surface area contributed by atoms with Crippen molar-refractivity contribution in [2.45, 2.75) is 0 Å². The van der Waals surface area contributed by atoms with E-state index < -0.39 is 0 Å². The molecule has 5 heavy (non-hydrogen) atoms. The highest BCUT2D eigenvalue weighted by molar-refractivity contribution is 5.85. The maximum Gasteiger partial charge on any atom is 0.0139 e. The van der Waals surface area contributed by atoms with Gasteiger partial charge in [-0.05, 0) is 5.53 Å². The van der Waals surface area contributed by atoms with Crippen LogP contribution in [0.3, 0.4) is 0 Å². The molecule has 0 aliphatic rings. The molecule has 0 N–H and O–H groups in total. The predicted octanol–water partition coefficient (Wildman–Crippen LogP) is 1.35. The zero-order chi connectivity index (χ0) is 3.41. The van der Waals surface area contributed by atoms with Crippen LogP contribution in [0, 0.1) is 0 Å². The lowest BCUT2D eigenvalue weighted by Gasteiger charge is -1.35. The van der Waals surface area contributed by atoms with E-state index in [0.29, 0.717) is 0 Å². The molecule has 0 rings (SSSR count). The van der Waals surface area contributed by atoms with Gasteiger partial charge in [-0.15, -0.1) is 12.4 Å². The Balaban J connectivity index is 0. The molecule has 0 saturated heterocycles. The molecular weight excluding hydrogens is 89.5 g/mol. The number of rotatable bonds is 0. The average molecular weight is 93.5 g/mol. The molecule has 0 aliphatic heterocycles. The van der Waals surface area contributed by atoms with Crippen molar-refractivity contribution >= 4 is 12.4 Å². The van der Waals surface area contributed by atoms with E-state index in [-0.39, 0.29) is 12.4 Å². The summed E-state index contributed by atoms with van der Waals surface area (Å²) in [6, 6.07) is 0. The van der Waals surface area contributed by atoms with Crippen molar-refractivity contribution in [2.24, 2.45) is 5.11 Å². The van der Waals surface area contributed by atoms with Crippen LogP contribution in [0.4, 0.5) is 0 Å². The zero-order valence-corrected chi connectivity index (χ0v) is 3.57. The first-order chi connectivity index (χ1) is 1.91. The van der Waals surface area contributed by atoms with Crippen molar-refractivity contribution in [2.75, 3.05) is 7.05 Å². The molecule has 4 heteroatoms. The third-order valence-corrected chi connectivity index (χ3v) is 0.0894. The van der Waals surface area contributed by atoms with Crippen LogP contribution < -0.4 is 0 Å². The first-order valence-corrected chi connectivity index (χ1v) is 0.847. The van der Waals surface area contributed by atoms with Crippen molar-refractivity contribution in [1.82, 2.24) is 0 Å². The molecule has 0 aromatic carbocycles. The van der Waals surface area contributed by atoms with Crippen molar-refractivity contribution in [3.05, 3.63) is 10.4 Å². The number of azide groups is 1. The predicted molar refractivity (Wildman–Crippen MR) is 22.3 cm³/mol. The molecule has 3 nitrogen and oxygen atoms in total. The van der Waals surface area contributed by atoms with Gasteiger partial charge in [0.1, 0.15) is 0 Å². The minimum atomic E-state index is 0. The summed E-state index contributed by atoms with van der Waals surface area (Å²) in [6.07, 6.45) is 0. The van der Waals surface area contributed by atoms with Crippen molar-refractivity contribution in [3.63, 3.8) is 0 Å². The Morgan fingerprint density at radius 1 is 1.80 bits per heavy atom. The topological polar surface area (TPSA) is 48.8 Å². The lowest BCUT2D eigenvalue weighted by molar-refractivity contribution is 1.40. The van der Waals surface area contributed by atoms with Gasteiger partial charge in [0, 0.05) is 12.0 Å². The Morgan fingerprint density at radius 3 is 2.00 bits per heavy atom. The Bertz CT molecular complexity index is 44.9. The van der Waals surface area contributed by atoms with Gasteiger partial charge in [-0.2, -0.15) is 0 Å². The number of halogens is 1. The van der Waals surface area contributed by atoms with E-state index in [1.54, 1.807) is 0 Å². The SMILES string of the molecule is CN=[N+]=[N-].Cl. The van der Waals surface area contributed by atoms with Gasteiger partial charge in [0.2, 0.25) is 0 Å². The van der Waals surface area contributed by atoms with Gasteiger partial charge in [0.15, 0.2) is 0 Å². The third-order valence-electron chi connectivity index (χ3n) is 0.0894. The highest BCUT2D eigenvalue weighted by Crippen LogP contribution is 1.46. The summed E-state index contributed by atoms with van der Waals surface area (Å²) in [5.41, 5.74) is 7.33. The van der Waals surface area contributed by atoms with E-state index >= 15 is 0 Å². The summed E-state index contributed by atoms with van der Waals surface area (Å²) in [7, 11) is 1.39. The second-order valence-corrected chi connectivity index (χ2v) is 0.289. The summed E-state index contributed by atoms with van der Waals surface area (Å²) in [5, 5.41) is 2.92. The molecule has 0 saturated carbocycles. The van der Waals surface area contributed by atoms with Gasteiger partial charge in [0.25, 0.3) is 0 Å². The third kappa shape index (κ3) is 25.6. The molecular formula is CH4ClN3. The molecule has 0 amide bonds. The fraction of sp³-hybridized carbons (Fsp3) is 1.00. The van der Waals surface area contributed by atoms with Gasteiger partial charge in [-0.3, -0.25) is 0 Å². The number of nitrogens with zero attached hydrogens (tertiary/aromatic N) is 3. The molecule has 0 spiro atoms. The number of hydrogen-bond donors (Lipinski definition) is 0. The molecule has 0 bridgehead atoms. The highest BCUT2D eigenvalue weighted by Gasteiger charge is 1.27. The van der Waals surface area contributed by atoms with Gasteiger partial charge in [-0.1, -0.05) is 5.11 Å². The standard InChI is InChI=1S/CH3N3.ClH/c1-3-4-2;/h1H3;1H. The Morgan fingerprint density at radius 2 is 2.00 bits per heavy atom. The minimum Gasteiger partial charge on any atom is -0.147 e. The van der Waals surface area contributed by atoms with E-state index in [4.69, 9.17) is 5.53 Å². The quantitative estimate of drug-likeness (QED) is 0.247. The smallest absolute Gasteiger partial charge is 0.0139 e. The van der Waals surface area contributed by atoms with Crippen LogP contribution in [-0.4, -0.2) is 7.05 Å². The molecule has 0 unspecified atom stereocenters. The summed E-state index contributed by atoms with van der Waals surface area (Å²) in [6.45, 7) is 0. The van der Waals surface area contributed by atoms with E-state index in [1.807, 2.05) is 0 Å². The summed E-state index contributed by atoms with van der Waals surface area (Å²) in [5.74, 6) is 0. The van der Waals surface area contributed by atoms with Crippen LogP contribution in [0.2, 0.25) is 0 Å². The molecule has 0 aliphatic carbocycles. The molecule has 0 heterocycles. The maximum atomic E-state index is 7.33. The van der Waals surface area contributed by atoms with Crippen molar-refractivity contribution in [1.29, 1.82) is 0 Å². The second-order valence-electron chi connectivity index (χ2n) is 0.289. The summed E-state index contributed by atoms with van der Waals surface area (Å²) >= 11 is 0. The Labute approximate surface area is 36.0 Å². The van der Waals surface area contributed by atoms with E-state index in [0.717, 1.165) is 0 Å². The highest BCUT2D eigenvalue weighted by atomic mass is 35.5. The maximum absolute atomic E-state index is 7.33. The first kappa shape index (κ1) is 8.82. The van der Waals surface area contributed by atoms with E-state index in [2.05, 4.69) is 10.0 Å². The Hall–Kier alpha value is -0.400. The van der Waals surface area contributed by atoms with Gasteiger partial charge >= 0.3 is 0 Å². The van der Waals surface area contributed by atoms with Crippen LogP contribution in [-0.2, 0) is 0 Å². The van der Waals surface area contributed by atoms with Crippen molar-refractivity contribution in [3.8, 4) is 0 Å². The molecule has 0 fully saturated rings. The average Bonchev–Trinajstić information content (AvgIpc) is 1.37. The molecule has 0 aromatic rings. The first-order valence-electron chi connectivity index (χ1n) is 0.847. The fourth-order valence-electron chi connectivity index (χ4n) is 0. The second kappa shape index (κ2) is 9.51. The molecule has 30 valence electrons. The van der Waals surface area contributed by atoms with Crippen LogP contribution in [0.25, 0.3) is 10.4 Å². The lowest BCUT2D eigenvalue weighted by Crippen LogP contribution is -1.22. The fourth-order valence-corrected chi connectivity index (χ4v) is 0. The summed E-state index contributed by atoms with van der Waals surface area (Å²) in [4.78, 5) is 2.36. The minimum absolute atomic E-state index is 0. The van der Waals surface area contributed by atoms with Gasteiger partial charge in [-0.25, -0.2) is 0 Å². The normalized spacial score (nSPS) is 3.40. The van der Waals surface area contributed by atoms with Crippen LogP contribution in [0.1, 0.15) is 0 Å². The van der Waals surface area contributed by atoms with Gasteiger partial charge < -0.3 is 0 Å². The largest absolute Gasteiger partial charge is 0.147 e. The molecule has 0 radical (unpaired) electrons. The Kier molecular flexibility index (Phi) is 16.8. The van der Waals surface area contributed by atoms with Crippen LogP contribution in [0.5, 0.6) is 0 Å². The van der Waals surface area contributed by atoms with Crippen LogP contribution >= 0.6 is 12.4 Å².